The lowest BCUT2D eigenvalue weighted by Crippen LogP contribution is -2.02. The van der Waals surface area contributed by atoms with Crippen molar-refractivity contribution in [2.75, 3.05) is 12.4 Å². The Morgan fingerprint density at radius 3 is 2.21 bits per heavy atom. The molecule has 2 rings (SSSR count). The van der Waals surface area contributed by atoms with Gasteiger partial charge in [-0.25, -0.2) is 0 Å². The Labute approximate surface area is 118 Å². The average Bonchev–Trinajstić information content (AvgIpc) is 2.48. The molecule has 19 heavy (non-hydrogen) atoms. The van der Waals surface area contributed by atoms with Crippen LogP contribution in [0.25, 0.3) is 0 Å². The third kappa shape index (κ3) is 3.86. The second kappa shape index (κ2) is 7.00. The summed E-state index contributed by atoms with van der Waals surface area (Å²) in [4.78, 5) is 12.2. The molecular formula is C16H16O2S. The van der Waals surface area contributed by atoms with Crippen LogP contribution in [0, 0.1) is 0 Å². The van der Waals surface area contributed by atoms with Crippen LogP contribution in [0.1, 0.15) is 22.3 Å². The van der Waals surface area contributed by atoms with Gasteiger partial charge in [0.1, 0.15) is 5.75 Å². The van der Waals surface area contributed by atoms with E-state index in [1.165, 1.54) is 0 Å². The summed E-state index contributed by atoms with van der Waals surface area (Å²) in [5.74, 6) is 1.62. The predicted molar refractivity (Wildman–Crippen MR) is 80.3 cm³/mol. The first-order chi connectivity index (χ1) is 9.31. The minimum absolute atomic E-state index is 0.0301. The summed E-state index contributed by atoms with van der Waals surface area (Å²) in [7, 11) is 0. The molecule has 98 valence electrons. The van der Waals surface area contributed by atoms with Gasteiger partial charge in [0.2, 0.25) is 0 Å². The maximum atomic E-state index is 12.2. The van der Waals surface area contributed by atoms with Crippen LogP contribution in [-0.4, -0.2) is 18.1 Å². The number of hydrogen-bond donors (Lipinski definition) is 1. The van der Waals surface area contributed by atoms with E-state index in [1.54, 1.807) is 12.1 Å². The number of thiol groups is 1. The number of carbonyl (C=O) groups is 1. The fourth-order valence-corrected chi connectivity index (χ4v) is 1.84. The van der Waals surface area contributed by atoms with Crippen molar-refractivity contribution >= 4 is 18.4 Å². The van der Waals surface area contributed by atoms with E-state index >= 15 is 0 Å². The summed E-state index contributed by atoms with van der Waals surface area (Å²) in [6.07, 6.45) is 0.911. The Kier molecular flexibility index (Phi) is 5.04. The summed E-state index contributed by atoms with van der Waals surface area (Å²) < 4.78 is 5.53. The quantitative estimate of drug-likeness (QED) is 0.494. The number of ketones is 1. The van der Waals surface area contributed by atoms with Crippen LogP contribution in [0.15, 0.2) is 54.6 Å². The topological polar surface area (TPSA) is 26.3 Å². The number of benzene rings is 2. The average molecular weight is 272 g/mol. The zero-order valence-corrected chi connectivity index (χ0v) is 11.5. The van der Waals surface area contributed by atoms with Crippen molar-refractivity contribution in [3.63, 3.8) is 0 Å². The van der Waals surface area contributed by atoms with Crippen LogP contribution in [0.2, 0.25) is 0 Å². The summed E-state index contributed by atoms with van der Waals surface area (Å²) in [6, 6.07) is 16.5. The molecule has 0 spiro atoms. The molecule has 0 aliphatic heterocycles. The number of ether oxygens (including phenoxy) is 1. The zero-order chi connectivity index (χ0) is 13.5. The third-order valence-electron chi connectivity index (χ3n) is 2.72. The van der Waals surface area contributed by atoms with Crippen LogP contribution in [0.4, 0.5) is 0 Å². The van der Waals surface area contributed by atoms with Crippen molar-refractivity contribution in [2.24, 2.45) is 0 Å². The van der Waals surface area contributed by atoms with E-state index in [1.807, 2.05) is 42.5 Å². The van der Waals surface area contributed by atoms with Crippen molar-refractivity contribution in [3.05, 3.63) is 65.7 Å². The van der Waals surface area contributed by atoms with E-state index in [-0.39, 0.29) is 5.78 Å². The van der Waals surface area contributed by atoms with Gasteiger partial charge in [-0.05, 0) is 36.4 Å². The Hall–Kier alpha value is -1.74. The molecule has 0 fully saturated rings. The molecule has 3 heteroatoms. The van der Waals surface area contributed by atoms with E-state index < -0.39 is 0 Å². The lowest BCUT2D eigenvalue weighted by molar-refractivity contribution is 0.103. The van der Waals surface area contributed by atoms with Crippen LogP contribution in [0.5, 0.6) is 5.75 Å². The standard InChI is InChI=1S/C16H16O2S/c17-16(13-5-2-1-3-6-13)14-7-9-15(10-8-14)18-11-4-12-19/h1-3,5-10,19H,4,11-12H2. The second-order valence-electron chi connectivity index (χ2n) is 4.15. The van der Waals surface area contributed by atoms with Crippen LogP contribution >= 0.6 is 12.6 Å². The highest BCUT2D eigenvalue weighted by atomic mass is 32.1. The predicted octanol–water partition coefficient (Wildman–Crippen LogP) is 3.62. The Bertz CT molecular complexity index is 520. The van der Waals surface area contributed by atoms with Crippen molar-refractivity contribution in [1.29, 1.82) is 0 Å². The van der Waals surface area contributed by atoms with Crippen molar-refractivity contribution in [2.45, 2.75) is 6.42 Å². The molecule has 0 amide bonds. The maximum Gasteiger partial charge on any atom is 0.193 e. The van der Waals surface area contributed by atoms with Gasteiger partial charge in [0.05, 0.1) is 6.61 Å². The molecule has 2 aromatic carbocycles. The molecule has 0 aliphatic carbocycles. The SMILES string of the molecule is O=C(c1ccccc1)c1ccc(OCCCS)cc1. The van der Waals surface area contributed by atoms with E-state index in [0.29, 0.717) is 17.7 Å². The van der Waals surface area contributed by atoms with E-state index in [4.69, 9.17) is 4.74 Å². The molecule has 0 saturated carbocycles. The van der Waals surface area contributed by atoms with Crippen molar-refractivity contribution < 1.29 is 9.53 Å². The van der Waals surface area contributed by atoms with Gasteiger partial charge in [0.25, 0.3) is 0 Å². The van der Waals surface area contributed by atoms with Gasteiger partial charge >= 0.3 is 0 Å². The molecule has 0 unspecified atom stereocenters. The molecule has 0 bridgehead atoms. The summed E-state index contributed by atoms with van der Waals surface area (Å²) in [5.41, 5.74) is 1.37. The normalized spacial score (nSPS) is 10.2. The second-order valence-corrected chi connectivity index (χ2v) is 4.59. The number of carbonyl (C=O) groups excluding carboxylic acids is 1. The Morgan fingerprint density at radius 2 is 1.58 bits per heavy atom. The third-order valence-corrected chi connectivity index (χ3v) is 3.04. The van der Waals surface area contributed by atoms with Gasteiger partial charge in [-0.1, -0.05) is 30.3 Å². The highest BCUT2D eigenvalue weighted by Gasteiger charge is 2.08. The monoisotopic (exact) mass is 272 g/mol. The lowest BCUT2D eigenvalue weighted by Gasteiger charge is -2.06. The largest absolute Gasteiger partial charge is 0.494 e. The van der Waals surface area contributed by atoms with Crippen molar-refractivity contribution in [3.8, 4) is 5.75 Å². The van der Waals surface area contributed by atoms with E-state index in [9.17, 15) is 4.79 Å². The van der Waals surface area contributed by atoms with Gasteiger partial charge in [0.15, 0.2) is 5.78 Å². The summed E-state index contributed by atoms with van der Waals surface area (Å²) in [5, 5.41) is 0. The molecule has 0 heterocycles. The smallest absolute Gasteiger partial charge is 0.193 e. The van der Waals surface area contributed by atoms with Gasteiger partial charge in [-0.3, -0.25) is 4.79 Å². The number of rotatable bonds is 6. The fourth-order valence-electron chi connectivity index (χ4n) is 1.71. The van der Waals surface area contributed by atoms with E-state index in [2.05, 4.69) is 12.6 Å². The minimum Gasteiger partial charge on any atom is -0.494 e. The van der Waals surface area contributed by atoms with Gasteiger partial charge < -0.3 is 4.74 Å². The Balaban J connectivity index is 2.04. The van der Waals surface area contributed by atoms with Crippen LogP contribution < -0.4 is 4.74 Å². The highest BCUT2D eigenvalue weighted by Crippen LogP contribution is 2.15. The first kappa shape index (κ1) is 13.7. The Morgan fingerprint density at radius 1 is 0.947 bits per heavy atom. The minimum atomic E-state index is 0.0301. The van der Waals surface area contributed by atoms with Crippen LogP contribution in [-0.2, 0) is 0 Å². The summed E-state index contributed by atoms with van der Waals surface area (Å²) in [6.45, 7) is 0.648. The van der Waals surface area contributed by atoms with Gasteiger partial charge in [-0.2, -0.15) is 12.6 Å². The molecule has 0 saturated heterocycles. The lowest BCUT2D eigenvalue weighted by atomic mass is 10.0. The molecule has 2 aromatic rings. The number of hydrogen-bond acceptors (Lipinski definition) is 3. The van der Waals surface area contributed by atoms with Gasteiger partial charge in [-0.15, -0.1) is 0 Å². The molecule has 2 nitrogen and oxygen atoms in total. The summed E-state index contributed by atoms with van der Waals surface area (Å²) >= 11 is 4.13. The molecule has 0 N–H and O–H groups in total. The molecule has 0 radical (unpaired) electrons. The van der Waals surface area contributed by atoms with E-state index in [0.717, 1.165) is 17.9 Å². The zero-order valence-electron chi connectivity index (χ0n) is 10.6. The molecular weight excluding hydrogens is 256 g/mol. The molecule has 0 aromatic heterocycles. The molecule has 0 aliphatic rings. The maximum absolute atomic E-state index is 12.2. The van der Waals surface area contributed by atoms with Gasteiger partial charge in [0, 0.05) is 11.1 Å². The van der Waals surface area contributed by atoms with Crippen LogP contribution in [0.3, 0.4) is 0 Å². The molecule has 0 atom stereocenters. The first-order valence-corrected chi connectivity index (χ1v) is 6.88. The highest BCUT2D eigenvalue weighted by molar-refractivity contribution is 7.80. The van der Waals surface area contributed by atoms with Crippen molar-refractivity contribution in [1.82, 2.24) is 0 Å². The first-order valence-electron chi connectivity index (χ1n) is 6.25. The fraction of sp³-hybridized carbons (Fsp3) is 0.188.